The van der Waals surface area contributed by atoms with Crippen LogP contribution in [0.2, 0.25) is 0 Å². The van der Waals surface area contributed by atoms with Crippen molar-refractivity contribution >= 4 is 5.91 Å². The van der Waals surface area contributed by atoms with Crippen LogP contribution in [0, 0.1) is 5.92 Å². The molecule has 1 amide bonds. The number of rotatable bonds is 7. The predicted molar refractivity (Wildman–Crippen MR) is 90.5 cm³/mol. The maximum atomic E-state index is 12.1. The van der Waals surface area contributed by atoms with Gasteiger partial charge in [0, 0.05) is 19.5 Å². The van der Waals surface area contributed by atoms with E-state index in [4.69, 9.17) is 0 Å². The molecule has 4 nitrogen and oxygen atoms in total. The SMILES string of the molecule is CN(C)Cc1ccccc1CNC(=O)CCC1CCNCC1. The summed E-state index contributed by atoms with van der Waals surface area (Å²) < 4.78 is 0. The van der Waals surface area contributed by atoms with Gasteiger partial charge in [0.2, 0.25) is 5.91 Å². The number of nitrogens with zero attached hydrogens (tertiary/aromatic N) is 1. The monoisotopic (exact) mass is 303 g/mol. The smallest absolute Gasteiger partial charge is 0.220 e. The first-order chi connectivity index (χ1) is 10.6. The van der Waals surface area contributed by atoms with Crippen LogP contribution in [0.1, 0.15) is 36.8 Å². The normalized spacial score (nSPS) is 16.0. The standard InChI is InChI=1S/C18H29N3O/c1-21(2)14-17-6-4-3-5-16(17)13-20-18(22)8-7-15-9-11-19-12-10-15/h3-6,15,19H,7-14H2,1-2H3,(H,20,22). The van der Waals surface area contributed by atoms with Crippen LogP contribution in [-0.2, 0) is 17.9 Å². The summed E-state index contributed by atoms with van der Waals surface area (Å²) in [6.45, 7) is 3.74. The van der Waals surface area contributed by atoms with Crippen LogP contribution in [0.25, 0.3) is 0 Å². The fraction of sp³-hybridized carbons (Fsp3) is 0.611. The van der Waals surface area contributed by atoms with Crippen molar-refractivity contribution in [1.82, 2.24) is 15.5 Å². The molecule has 0 spiro atoms. The highest BCUT2D eigenvalue weighted by Gasteiger charge is 2.14. The molecule has 0 bridgehead atoms. The summed E-state index contributed by atoms with van der Waals surface area (Å²) in [5.41, 5.74) is 2.50. The molecule has 1 aromatic rings. The van der Waals surface area contributed by atoms with E-state index < -0.39 is 0 Å². The Morgan fingerprint density at radius 2 is 1.91 bits per heavy atom. The van der Waals surface area contributed by atoms with Crippen LogP contribution >= 0.6 is 0 Å². The van der Waals surface area contributed by atoms with Crippen LogP contribution < -0.4 is 10.6 Å². The molecule has 0 unspecified atom stereocenters. The minimum atomic E-state index is 0.179. The molecule has 1 aliphatic rings. The number of nitrogens with one attached hydrogen (secondary N) is 2. The number of hydrogen-bond acceptors (Lipinski definition) is 3. The Kier molecular flexibility index (Phi) is 6.87. The molecule has 1 saturated heterocycles. The summed E-state index contributed by atoms with van der Waals surface area (Å²) in [5.74, 6) is 0.895. The van der Waals surface area contributed by atoms with Gasteiger partial charge in [-0.2, -0.15) is 0 Å². The summed E-state index contributed by atoms with van der Waals surface area (Å²) in [4.78, 5) is 14.2. The number of carbonyl (C=O) groups is 1. The first-order valence-corrected chi connectivity index (χ1v) is 8.34. The molecule has 2 N–H and O–H groups in total. The first kappa shape index (κ1) is 17.0. The van der Waals surface area contributed by atoms with Crippen molar-refractivity contribution in [2.45, 2.75) is 38.8 Å². The third-order valence-electron chi connectivity index (χ3n) is 4.32. The number of amides is 1. The molecule has 0 aromatic heterocycles. The third kappa shape index (κ3) is 5.78. The summed E-state index contributed by atoms with van der Waals surface area (Å²) in [5, 5.41) is 6.45. The van der Waals surface area contributed by atoms with Crippen LogP contribution in [-0.4, -0.2) is 38.0 Å². The highest BCUT2D eigenvalue weighted by molar-refractivity contribution is 5.75. The van der Waals surface area contributed by atoms with Gasteiger partial charge >= 0.3 is 0 Å². The van der Waals surface area contributed by atoms with Gasteiger partial charge in [0.25, 0.3) is 0 Å². The molecule has 22 heavy (non-hydrogen) atoms. The third-order valence-corrected chi connectivity index (χ3v) is 4.32. The lowest BCUT2D eigenvalue weighted by atomic mass is 9.93. The lowest BCUT2D eigenvalue weighted by molar-refractivity contribution is -0.121. The van der Waals surface area contributed by atoms with Crippen LogP contribution in [0.3, 0.4) is 0 Å². The van der Waals surface area contributed by atoms with Gasteiger partial charge in [-0.1, -0.05) is 24.3 Å². The van der Waals surface area contributed by atoms with E-state index in [-0.39, 0.29) is 5.91 Å². The molecule has 4 heteroatoms. The zero-order chi connectivity index (χ0) is 15.8. The summed E-state index contributed by atoms with van der Waals surface area (Å²) in [7, 11) is 4.13. The van der Waals surface area contributed by atoms with Gasteiger partial charge in [0.1, 0.15) is 0 Å². The Bertz CT molecular complexity index is 467. The fourth-order valence-corrected chi connectivity index (χ4v) is 3.01. The second-order valence-electron chi connectivity index (χ2n) is 6.52. The first-order valence-electron chi connectivity index (χ1n) is 8.34. The second kappa shape index (κ2) is 8.91. The van der Waals surface area contributed by atoms with E-state index in [9.17, 15) is 4.79 Å². The van der Waals surface area contributed by atoms with E-state index in [1.807, 2.05) is 6.07 Å². The Morgan fingerprint density at radius 3 is 2.59 bits per heavy atom. The van der Waals surface area contributed by atoms with Gasteiger partial charge in [-0.3, -0.25) is 4.79 Å². The topological polar surface area (TPSA) is 44.4 Å². The summed E-state index contributed by atoms with van der Waals surface area (Å²) >= 11 is 0. The van der Waals surface area contributed by atoms with Crippen molar-refractivity contribution in [2.75, 3.05) is 27.2 Å². The second-order valence-corrected chi connectivity index (χ2v) is 6.52. The van der Waals surface area contributed by atoms with Gasteiger partial charge in [-0.05, 0) is 63.5 Å². The molecule has 0 atom stereocenters. The number of carbonyl (C=O) groups excluding carboxylic acids is 1. The zero-order valence-electron chi connectivity index (χ0n) is 13.9. The molecule has 2 rings (SSSR count). The highest BCUT2D eigenvalue weighted by atomic mass is 16.1. The highest BCUT2D eigenvalue weighted by Crippen LogP contribution is 2.17. The zero-order valence-corrected chi connectivity index (χ0v) is 13.9. The molecular weight excluding hydrogens is 274 g/mol. The molecule has 1 aliphatic heterocycles. The van der Waals surface area contributed by atoms with E-state index in [0.717, 1.165) is 26.1 Å². The molecule has 1 aromatic carbocycles. The Hall–Kier alpha value is -1.39. The maximum Gasteiger partial charge on any atom is 0.220 e. The van der Waals surface area contributed by atoms with E-state index in [0.29, 0.717) is 18.9 Å². The molecule has 122 valence electrons. The van der Waals surface area contributed by atoms with E-state index in [1.54, 1.807) is 0 Å². The minimum absolute atomic E-state index is 0.179. The summed E-state index contributed by atoms with van der Waals surface area (Å²) in [6, 6.07) is 8.33. The van der Waals surface area contributed by atoms with Crippen molar-refractivity contribution in [3.05, 3.63) is 35.4 Å². The quantitative estimate of drug-likeness (QED) is 0.811. The van der Waals surface area contributed by atoms with Gasteiger partial charge in [-0.25, -0.2) is 0 Å². The van der Waals surface area contributed by atoms with Crippen molar-refractivity contribution in [2.24, 2.45) is 5.92 Å². The number of piperidine rings is 1. The van der Waals surface area contributed by atoms with Crippen molar-refractivity contribution in [1.29, 1.82) is 0 Å². The van der Waals surface area contributed by atoms with Gasteiger partial charge in [-0.15, -0.1) is 0 Å². The molecule has 1 heterocycles. The van der Waals surface area contributed by atoms with Gasteiger partial charge in [0.15, 0.2) is 0 Å². The van der Waals surface area contributed by atoms with Crippen molar-refractivity contribution in [3.8, 4) is 0 Å². The molecule has 0 saturated carbocycles. The van der Waals surface area contributed by atoms with Crippen LogP contribution in [0.4, 0.5) is 0 Å². The van der Waals surface area contributed by atoms with E-state index >= 15 is 0 Å². The lowest BCUT2D eigenvalue weighted by Gasteiger charge is -2.22. The molecule has 0 radical (unpaired) electrons. The van der Waals surface area contributed by atoms with E-state index in [2.05, 4.69) is 47.8 Å². The number of benzene rings is 1. The Balaban J connectivity index is 1.76. The van der Waals surface area contributed by atoms with Gasteiger partial charge in [0.05, 0.1) is 0 Å². The van der Waals surface area contributed by atoms with E-state index in [1.165, 1.54) is 24.0 Å². The minimum Gasteiger partial charge on any atom is -0.352 e. The molecule has 1 fully saturated rings. The molecule has 0 aliphatic carbocycles. The largest absolute Gasteiger partial charge is 0.352 e. The fourth-order valence-electron chi connectivity index (χ4n) is 3.01. The summed E-state index contributed by atoms with van der Waals surface area (Å²) in [6.07, 6.45) is 4.09. The predicted octanol–water partition coefficient (Wildman–Crippen LogP) is 2.14. The van der Waals surface area contributed by atoms with Crippen LogP contribution in [0.15, 0.2) is 24.3 Å². The van der Waals surface area contributed by atoms with Crippen LogP contribution in [0.5, 0.6) is 0 Å². The average molecular weight is 303 g/mol. The Labute approximate surface area is 134 Å². The number of hydrogen-bond donors (Lipinski definition) is 2. The average Bonchev–Trinajstić information content (AvgIpc) is 2.52. The van der Waals surface area contributed by atoms with Crippen molar-refractivity contribution < 1.29 is 4.79 Å². The van der Waals surface area contributed by atoms with Gasteiger partial charge < -0.3 is 15.5 Å². The lowest BCUT2D eigenvalue weighted by Crippen LogP contribution is -2.29. The van der Waals surface area contributed by atoms with Crippen molar-refractivity contribution in [3.63, 3.8) is 0 Å². The molecular formula is C18H29N3O. The maximum absolute atomic E-state index is 12.1. The Morgan fingerprint density at radius 1 is 1.23 bits per heavy atom.